The molecule has 0 unspecified atom stereocenters. The van der Waals surface area contributed by atoms with Crippen molar-refractivity contribution in [1.82, 2.24) is 9.88 Å². The van der Waals surface area contributed by atoms with Crippen LogP contribution in [0.2, 0.25) is 0 Å². The van der Waals surface area contributed by atoms with Gasteiger partial charge in [-0.05, 0) is 43.0 Å². The van der Waals surface area contributed by atoms with E-state index in [-0.39, 0.29) is 17.2 Å². The van der Waals surface area contributed by atoms with E-state index in [4.69, 9.17) is 4.74 Å². The molecule has 2 bridgehead atoms. The Hall–Kier alpha value is -2.21. The number of piperidine rings is 1. The predicted octanol–water partition coefficient (Wildman–Crippen LogP) is 3.13. The molecule has 0 spiro atoms. The first-order chi connectivity index (χ1) is 12.0. The number of fused-ring (bicyclic) bond motifs is 4. The number of nitrogens with zero attached hydrogens (tertiary/aromatic N) is 1. The summed E-state index contributed by atoms with van der Waals surface area (Å²) in [6, 6.07) is 8.73. The van der Waals surface area contributed by atoms with Crippen LogP contribution in [-0.2, 0) is 6.54 Å². The molecule has 3 heterocycles. The molecule has 132 valence electrons. The van der Waals surface area contributed by atoms with Crippen molar-refractivity contribution < 1.29 is 13.5 Å². The van der Waals surface area contributed by atoms with Gasteiger partial charge in [0, 0.05) is 36.3 Å². The summed E-state index contributed by atoms with van der Waals surface area (Å²) < 4.78 is 32.2. The van der Waals surface area contributed by atoms with Gasteiger partial charge in [-0.15, -0.1) is 0 Å². The number of ether oxygens (including phenoxy) is 1. The number of rotatable bonds is 3. The first-order valence-electron chi connectivity index (χ1n) is 8.53. The maximum absolute atomic E-state index is 12.8. The molecule has 4 nitrogen and oxygen atoms in total. The van der Waals surface area contributed by atoms with Crippen LogP contribution in [0.1, 0.15) is 23.6 Å². The lowest BCUT2D eigenvalue weighted by atomic mass is 9.83. The lowest BCUT2D eigenvalue weighted by Crippen LogP contribution is -2.44. The van der Waals surface area contributed by atoms with Gasteiger partial charge in [-0.3, -0.25) is 4.79 Å². The summed E-state index contributed by atoms with van der Waals surface area (Å²) in [5.41, 5.74) is 2.70. The normalized spacial score (nSPS) is 21.9. The van der Waals surface area contributed by atoms with Gasteiger partial charge in [0.15, 0.2) is 0 Å². The summed E-state index contributed by atoms with van der Waals surface area (Å²) in [7, 11) is 0. The molecule has 1 saturated heterocycles. The zero-order chi connectivity index (χ0) is 17.6. The molecular formula is C19H20F2N2O2. The van der Waals surface area contributed by atoms with E-state index < -0.39 is 6.61 Å². The van der Waals surface area contributed by atoms with E-state index in [9.17, 15) is 13.6 Å². The van der Waals surface area contributed by atoms with Crippen LogP contribution < -0.4 is 15.6 Å². The highest BCUT2D eigenvalue weighted by Crippen LogP contribution is 2.37. The van der Waals surface area contributed by atoms with Crippen LogP contribution in [0.5, 0.6) is 5.75 Å². The molecule has 4 rings (SSSR count). The number of benzene rings is 1. The fourth-order valence-corrected chi connectivity index (χ4v) is 4.08. The standard InChI is InChI=1S/C19H20F2N2O2/c1-11-3-2-4-15(18(11)25-19(20)21)13-6-16-14-5-12(8-22-9-14)10-23(16)17(24)7-13/h2-4,6-7,12,14,19,22H,5,8-10H2,1H3/t12-,14+/m0/s1. The van der Waals surface area contributed by atoms with Crippen molar-refractivity contribution in [2.45, 2.75) is 32.4 Å². The zero-order valence-electron chi connectivity index (χ0n) is 14.0. The van der Waals surface area contributed by atoms with Crippen molar-refractivity contribution in [2.24, 2.45) is 5.92 Å². The summed E-state index contributed by atoms with van der Waals surface area (Å²) in [5.74, 6) is 0.897. The molecule has 2 aliphatic rings. The van der Waals surface area contributed by atoms with E-state index in [0.29, 0.717) is 29.2 Å². The second kappa shape index (κ2) is 6.26. The van der Waals surface area contributed by atoms with E-state index in [1.54, 1.807) is 25.1 Å². The molecule has 0 amide bonds. The summed E-state index contributed by atoms with van der Waals surface area (Å²) in [6.07, 6.45) is 1.06. The number of para-hydroxylation sites is 1. The Labute approximate surface area is 144 Å². The highest BCUT2D eigenvalue weighted by molar-refractivity contribution is 5.72. The Morgan fingerprint density at radius 1 is 1.28 bits per heavy atom. The largest absolute Gasteiger partial charge is 0.434 e. The lowest BCUT2D eigenvalue weighted by molar-refractivity contribution is -0.0498. The minimum Gasteiger partial charge on any atom is -0.434 e. The summed E-state index contributed by atoms with van der Waals surface area (Å²) in [6.45, 7) is 1.32. The molecule has 6 heteroatoms. The van der Waals surface area contributed by atoms with Gasteiger partial charge in [-0.2, -0.15) is 8.78 Å². The average Bonchev–Trinajstić information content (AvgIpc) is 2.57. The molecule has 1 fully saturated rings. The topological polar surface area (TPSA) is 43.3 Å². The molecule has 2 atom stereocenters. The van der Waals surface area contributed by atoms with Gasteiger partial charge in [-0.1, -0.05) is 18.2 Å². The van der Waals surface area contributed by atoms with Crippen molar-refractivity contribution in [3.8, 4) is 16.9 Å². The van der Waals surface area contributed by atoms with E-state index in [1.165, 1.54) is 6.07 Å². The number of alkyl halides is 2. The smallest absolute Gasteiger partial charge is 0.387 e. The highest BCUT2D eigenvalue weighted by atomic mass is 19.3. The molecule has 0 saturated carbocycles. The van der Waals surface area contributed by atoms with Crippen LogP contribution >= 0.6 is 0 Å². The second-order valence-electron chi connectivity index (χ2n) is 6.90. The minimum absolute atomic E-state index is 0.0754. The Morgan fingerprint density at radius 3 is 2.92 bits per heavy atom. The fraction of sp³-hybridized carbons (Fsp3) is 0.421. The van der Waals surface area contributed by atoms with Gasteiger partial charge < -0.3 is 14.6 Å². The minimum atomic E-state index is -2.90. The SMILES string of the molecule is Cc1cccc(-c2cc3n(c(=O)c2)C[C@@H]2CNC[C@H]3C2)c1OC(F)F. The summed E-state index contributed by atoms with van der Waals surface area (Å²) in [5, 5.41) is 3.41. The third-order valence-corrected chi connectivity index (χ3v) is 5.19. The third-order valence-electron chi connectivity index (χ3n) is 5.19. The van der Waals surface area contributed by atoms with Crippen LogP contribution in [0.4, 0.5) is 8.78 Å². The third kappa shape index (κ3) is 2.95. The van der Waals surface area contributed by atoms with Gasteiger partial charge in [0.1, 0.15) is 5.75 Å². The van der Waals surface area contributed by atoms with Crippen molar-refractivity contribution in [1.29, 1.82) is 0 Å². The molecule has 1 aromatic carbocycles. The molecule has 2 aliphatic heterocycles. The van der Waals surface area contributed by atoms with Crippen LogP contribution in [0.15, 0.2) is 35.1 Å². The Kier molecular flexibility index (Phi) is 4.07. The van der Waals surface area contributed by atoms with Gasteiger partial charge in [0.25, 0.3) is 5.56 Å². The van der Waals surface area contributed by atoms with Crippen molar-refractivity contribution in [3.63, 3.8) is 0 Å². The molecule has 1 aromatic heterocycles. The number of hydrogen-bond acceptors (Lipinski definition) is 3. The Balaban J connectivity index is 1.84. The average molecular weight is 346 g/mol. The van der Waals surface area contributed by atoms with Crippen molar-refractivity contribution >= 4 is 0 Å². The lowest BCUT2D eigenvalue weighted by Gasteiger charge is -2.37. The quantitative estimate of drug-likeness (QED) is 0.929. The zero-order valence-corrected chi connectivity index (χ0v) is 14.0. The molecular weight excluding hydrogens is 326 g/mol. The number of aromatic nitrogens is 1. The number of pyridine rings is 1. The van der Waals surface area contributed by atoms with Gasteiger partial charge in [0.05, 0.1) is 0 Å². The van der Waals surface area contributed by atoms with Crippen LogP contribution in [0, 0.1) is 12.8 Å². The van der Waals surface area contributed by atoms with Crippen LogP contribution in [0.25, 0.3) is 11.1 Å². The molecule has 0 aliphatic carbocycles. The van der Waals surface area contributed by atoms with Gasteiger partial charge in [0.2, 0.25) is 0 Å². The van der Waals surface area contributed by atoms with E-state index >= 15 is 0 Å². The van der Waals surface area contributed by atoms with E-state index in [0.717, 1.165) is 25.2 Å². The molecule has 0 radical (unpaired) electrons. The number of aryl methyl sites for hydroxylation is 1. The molecule has 1 N–H and O–H groups in total. The number of halogens is 2. The fourth-order valence-electron chi connectivity index (χ4n) is 4.08. The van der Waals surface area contributed by atoms with Gasteiger partial charge in [-0.25, -0.2) is 0 Å². The maximum atomic E-state index is 12.8. The second-order valence-corrected chi connectivity index (χ2v) is 6.90. The van der Waals surface area contributed by atoms with E-state index in [1.807, 2.05) is 10.6 Å². The monoisotopic (exact) mass is 346 g/mol. The maximum Gasteiger partial charge on any atom is 0.387 e. The van der Waals surface area contributed by atoms with Crippen molar-refractivity contribution in [3.05, 3.63) is 51.9 Å². The predicted molar refractivity (Wildman–Crippen MR) is 91.2 cm³/mol. The molecule has 2 aromatic rings. The van der Waals surface area contributed by atoms with E-state index in [2.05, 4.69) is 5.32 Å². The van der Waals surface area contributed by atoms with Crippen LogP contribution in [0.3, 0.4) is 0 Å². The first-order valence-corrected chi connectivity index (χ1v) is 8.53. The van der Waals surface area contributed by atoms with Crippen LogP contribution in [-0.4, -0.2) is 24.3 Å². The number of nitrogens with one attached hydrogen (secondary N) is 1. The Morgan fingerprint density at radius 2 is 2.12 bits per heavy atom. The summed E-state index contributed by atoms with van der Waals surface area (Å²) in [4.78, 5) is 12.7. The van der Waals surface area contributed by atoms with Gasteiger partial charge >= 0.3 is 6.61 Å². The highest BCUT2D eigenvalue weighted by Gasteiger charge is 2.31. The molecule has 25 heavy (non-hydrogen) atoms. The summed E-state index contributed by atoms with van der Waals surface area (Å²) >= 11 is 0. The van der Waals surface area contributed by atoms with Crippen molar-refractivity contribution in [2.75, 3.05) is 13.1 Å². The number of hydrogen-bond donors (Lipinski definition) is 1. The Bertz CT molecular complexity index is 863. The first kappa shape index (κ1) is 16.3.